The maximum absolute atomic E-state index is 13.3. The molecule has 0 atom stereocenters. The normalized spacial score (nSPS) is 11.0. The number of Topliss-reactive ketones (excluding diaryl/α,β-unsaturated/α-hetero) is 1. The number of anilines is 1. The van der Waals surface area contributed by atoms with Crippen molar-refractivity contribution in [3.05, 3.63) is 112 Å². The van der Waals surface area contributed by atoms with Crippen molar-refractivity contribution in [3.63, 3.8) is 0 Å². The second kappa shape index (κ2) is 15.1. The molecule has 218 valence electrons. The molecule has 1 amide bonds. The van der Waals surface area contributed by atoms with Gasteiger partial charge in [-0.1, -0.05) is 42.5 Å². The summed E-state index contributed by atoms with van der Waals surface area (Å²) >= 11 is 0. The van der Waals surface area contributed by atoms with Gasteiger partial charge < -0.3 is 20.8 Å². The summed E-state index contributed by atoms with van der Waals surface area (Å²) in [4.78, 5) is 35.4. The van der Waals surface area contributed by atoms with Crippen molar-refractivity contribution < 1.29 is 19.8 Å². The van der Waals surface area contributed by atoms with Crippen LogP contribution in [-0.4, -0.2) is 51.6 Å². The SMILES string of the molecule is Cc1c(C(=O)Cc2ccc(CCCCO)cn2)cccc1-c1cccc(C(=O)Nc2ccc(CNCCO)cn2)c1C. The third-order valence-electron chi connectivity index (χ3n) is 7.29. The van der Waals surface area contributed by atoms with E-state index in [-0.39, 0.29) is 31.3 Å². The summed E-state index contributed by atoms with van der Waals surface area (Å²) in [5.74, 6) is 0.178. The Morgan fingerprint density at radius 1 is 0.762 bits per heavy atom. The first-order valence-corrected chi connectivity index (χ1v) is 14.3. The van der Waals surface area contributed by atoms with Crippen molar-refractivity contribution in [1.82, 2.24) is 15.3 Å². The highest BCUT2D eigenvalue weighted by Gasteiger charge is 2.18. The highest BCUT2D eigenvalue weighted by atomic mass is 16.3. The number of hydrogen-bond donors (Lipinski definition) is 4. The monoisotopic (exact) mass is 566 g/mol. The van der Waals surface area contributed by atoms with Gasteiger partial charge in [-0.15, -0.1) is 0 Å². The fraction of sp³-hybridized carbons (Fsp3) is 0.294. The number of nitrogens with one attached hydrogen (secondary N) is 2. The number of amides is 1. The van der Waals surface area contributed by atoms with Crippen LogP contribution in [0.25, 0.3) is 11.1 Å². The molecule has 4 N–H and O–H groups in total. The summed E-state index contributed by atoms with van der Waals surface area (Å²) in [5, 5.41) is 23.8. The largest absolute Gasteiger partial charge is 0.396 e. The molecule has 8 nitrogen and oxygen atoms in total. The van der Waals surface area contributed by atoms with Crippen LogP contribution in [0.1, 0.15) is 61.5 Å². The van der Waals surface area contributed by atoms with E-state index in [9.17, 15) is 9.59 Å². The molecule has 4 rings (SSSR count). The average molecular weight is 567 g/mol. The lowest BCUT2D eigenvalue weighted by Crippen LogP contribution is -2.18. The Morgan fingerprint density at radius 3 is 2.10 bits per heavy atom. The van der Waals surface area contributed by atoms with Gasteiger partial charge in [-0.3, -0.25) is 14.6 Å². The number of aliphatic hydroxyl groups is 2. The number of benzene rings is 2. The highest BCUT2D eigenvalue weighted by Crippen LogP contribution is 2.31. The van der Waals surface area contributed by atoms with Crippen LogP contribution >= 0.6 is 0 Å². The van der Waals surface area contributed by atoms with E-state index >= 15 is 0 Å². The van der Waals surface area contributed by atoms with E-state index in [1.165, 1.54) is 0 Å². The molecule has 0 saturated carbocycles. The Labute approximate surface area is 246 Å². The Balaban J connectivity index is 1.48. The van der Waals surface area contributed by atoms with Crippen molar-refractivity contribution in [2.75, 3.05) is 25.1 Å². The molecular formula is C34H38N4O4. The second-order valence-electron chi connectivity index (χ2n) is 10.3. The lowest BCUT2D eigenvalue weighted by Gasteiger charge is -2.15. The predicted octanol–water partition coefficient (Wildman–Crippen LogP) is 4.84. The first-order chi connectivity index (χ1) is 20.4. The number of hydrogen-bond acceptors (Lipinski definition) is 7. The van der Waals surface area contributed by atoms with Crippen LogP contribution < -0.4 is 10.6 Å². The van der Waals surface area contributed by atoms with Crippen molar-refractivity contribution in [2.24, 2.45) is 0 Å². The third kappa shape index (κ3) is 7.94. The topological polar surface area (TPSA) is 124 Å². The summed E-state index contributed by atoms with van der Waals surface area (Å²) in [6, 6.07) is 18.8. The lowest BCUT2D eigenvalue weighted by molar-refractivity contribution is 0.0989. The minimum absolute atomic E-state index is 0.0116. The molecule has 0 unspecified atom stereocenters. The number of pyridine rings is 2. The molecule has 4 aromatic rings. The van der Waals surface area contributed by atoms with Crippen LogP contribution in [0.3, 0.4) is 0 Å². The van der Waals surface area contributed by atoms with Crippen molar-refractivity contribution in [2.45, 2.75) is 46.1 Å². The standard InChI is InChI=1S/C34H38N4O4/c1-23-28(8-5-10-30(23)32(41)19-27-14-12-25(21-36-27)7-3-4-17-39)29-9-6-11-31(24(29)2)34(42)38-33-15-13-26(22-37-33)20-35-16-18-40/h5-6,8-15,21-22,35,39-40H,3-4,7,16-20H2,1-2H3,(H,37,38,42). The van der Waals surface area contributed by atoms with Gasteiger partial charge in [0.2, 0.25) is 0 Å². The molecule has 0 radical (unpaired) electrons. The van der Waals surface area contributed by atoms with Crippen LogP contribution in [0.5, 0.6) is 0 Å². The number of aryl methyl sites for hydroxylation is 1. The number of ketones is 1. The fourth-order valence-electron chi connectivity index (χ4n) is 4.91. The molecule has 0 bridgehead atoms. The average Bonchev–Trinajstić information content (AvgIpc) is 2.99. The fourth-order valence-corrected chi connectivity index (χ4v) is 4.91. The van der Waals surface area contributed by atoms with Crippen LogP contribution in [0.15, 0.2) is 73.1 Å². The zero-order valence-electron chi connectivity index (χ0n) is 24.2. The van der Waals surface area contributed by atoms with Gasteiger partial charge in [0.05, 0.1) is 13.0 Å². The van der Waals surface area contributed by atoms with Gasteiger partial charge in [0.15, 0.2) is 5.78 Å². The van der Waals surface area contributed by atoms with Gasteiger partial charge in [-0.05, 0) is 84.7 Å². The summed E-state index contributed by atoms with van der Waals surface area (Å²) in [6.07, 6.45) is 6.22. The Bertz CT molecular complexity index is 1390. The van der Waals surface area contributed by atoms with Crippen molar-refractivity contribution in [3.8, 4) is 11.1 Å². The third-order valence-corrected chi connectivity index (χ3v) is 7.29. The number of nitrogens with zero attached hydrogens (tertiary/aromatic N) is 2. The smallest absolute Gasteiger partial charge is 0.257 e. The van der Waals surface area contributed by atoms with E-state index in [1.807, 2.05) is 68.6 Å². The highest BCUT2D eigenvalue weighted by molar-refractivity contribution is 6.06. The molecule has 0 aliphatic carbocycles. The summed E-state index contributed by atoms with van der Waals surface area (Å²) < 4.78 is 0. The molecule has 0 aliphatic heterocycles. The molecule has 8 heteroatoms. The molecule has 2 heterocycles. The Morgan fingerprint density at radius 2 is 1.45 bits per heavy atom. The minimum Gasteiger partial charge on any atom is -0.396 e. The molecule has 2 aromatic heterocycles. The summed E-state index contributed by atoms with van der Waals surface area (Å²) in [5.41, 5.74) is 7.38. The van der Waals surface area contributed by atoms with Gasteiger partial charge in [0, 0.05) is 48.9 Å². The van der Waals surface area contributed by atoms with Crippen molar-refractivity contribution >= 4 is 17.5 Å². The molecule has 0 aliphatic rings. The van der Waals surface area contributed by atoms with E-state index in [2.05, 4.69) is 20.6 Å². The van der Waals surface area contributed by atoms with Gasteiger partial charge in [0.25, 0.3) is 5.91 Å². The van der Waals surface area contributed by atoms with E-state index < -0.39 is 0 Å². The van der Waals surface area contributed by atoms with E-state index in [0.29, 0.717) is 35.7 Å². The van der Waals surface area contributed by atoms with Crippen LogP contribution in [0.4, 0.5) is 5.82 Å². The maximum Gasteiger partial charge on any atom is 0.257 e. The zero-order chi connectivity index (χ0) is 29.9. The molecule has 0 fully saturated rings. The van der Waals surface area contributed by atoms with Crippen LogP contribution in [0, 0.1) is 13.8 Å². The lowest BCUT2D eigenvalue weighted by atomic mass is 9.89. The van der Waals surface area contributed by atoms with E-state index in [4.69, 9.17) is 10.2 Å². The number of aromatic nitrogens is 2. The predicted molar refractivity (Wildman–Crippen MR) is 165 cm³/mol. The number of carbonyl (C=O) groups excluding carboxylic acids is 2. The Hall–Kier alpha value is -4.24. The first kappa shape index (κ1) is 30.7. The molecule has 42 heavy (non-hydrogen) atoms. The number of aliphatic hydroxyl groups excluding tert-OH is 2. The molecular weight excluding hydrogens is 528 g/mol. The number of unbranched alkanes of at least 4 members (excludes halogenated alkanes) is 1. The van der Waals surface area contributed by atoms with Gasteiger partial charge in [-0.25, -0.2) is 4.98 Å². The number of carbonyl (C=O) groups is 2. The molecule has 0 spiro atoms. The van der Waals surface area contributed by atoms with Gasteiger partial charge >= 0.3 is 0 Å². The van der Waals surface area contributed by atoms with Crippen LogP contribution in [-0.2, 0) is 19.4 Å². The van der Waals surface area contributed by atoms with Crippen LogP contribution in [0.2, 0.25) is 0 Å². The zero-order valence-corrected chi connectivity index (χ0v) is 24.2. The quantitative estimate of drug-likeness (QED) is 0.127. The molecule has 0 saturated heterocycles. The molecule has 2 aromatic carbocycles. The Kier molecular flexibility index (Phi) is 11.1. The minimum atomic E-state index is -0.260. The maximum atomic E-state index is 13.3. The summed E-state index contributed by atoms with van der Waals surface area (Å²) in [7, 11) is 0. The van der Waals surface area contributed by atoms with Gasteiger partial charge in [-0.2, -0.15) is 0 Å². The van der Waals surface area contributed by atoms with E-state index in [0.717, 1.165) is 52.6 Å². The van der Waals surface area contributed by atoms with Crippen molar-refractivity contribution in [1.29, 1.82) is 0 Å². The second-order valence-corrected chi connectivity index (χ2v) is 10.3. The van der Waals surface area contributed by atoms with E-state index in [1.54, 1.807) is 18.3 Å². The first-order valence-electron chi connectivity index (χ1n) is 14.3. The van der Waals surface area contributed by atoms with Gasteiger partial charge in [0.1, 0.15) is 5.82 Å². The number of rotatable bonds is 14. The summed E-state index contributed by atoms with van der Waals surface area (Å²) in [6.45, 7) is 5.19.